The van der Waals surface area contributed by atoms with E-state index in [-0.39, 0.29) is 11.6 Å². The van der Waals surface area contributed by atoms with Crippen molar-refractivity contribution in [1.29, 1.82) is 0 Å². The Morgan fingerprint density at radius 2 is 1.96 bits per heavy atom. The summed E-state index contributed by atoms with van der Waals surface area (Å²) in [4.78, 5) is 16.3. The van der Waals surface area contributed by atoms with Crippen molar-refractivity contribution < 1.29 is 4.74 Å². The van der Waals surface area contributed by atoms with Crippen LogP contribution in [-0.4, -0.2) is 16.7 Å². The van der Waals surface area contributed by atoms with Gasteiger partial charge in [0.2, 0.25) is 5.95 Å². The third kappa shape index (κ3) is 2.96. The van der Waals surface area contributed by atoms with Crippen molar-refractivity contribution >= 4 is 11.6 Å². The van der Waals surface area contributed by atoms with Crippen molar-refractivity contribution in [3.8, 4) is 5.75 Å². The highest BCUT2D eigenvalue weighted by Crippen LogP contribution is 2.34. The second-order valence-corrected chi connectivity index (χ2v) is 6.55. The standard InChI is InChI=1S/C21H21N3O2/c1-14-12-17(26-2)9-10-18(14)22-21-23-20(25)13-16-8-11-19(24(16)21)15-6-4-3-5-7-15/h3-7,9-10,12-13,19H,8,11H2,1-2H3,(H,22,23,25). The summed E-state index contributed by atoms with van der Waals surface area (Å²) in [5.41, 5.74) is 3.99. The molecule has 1 atom stereocenters. The molecule has 1 unspecified atom stereocenters. The number of hydrogen-bond donors (Lipinski definition) is 1. The number of ether oxygens (including phenoxy) is 1. The predicted octanol–water partition coefficient (Wildman–Crippen LogP) is 3.84. The van der Waals surface area contributed by atoms with E-state index in [9.17, 15) is 4.79 Å². The van der Waals surface area contributed by atoms with Crippen molar-refractivity contribution in [2.45, 2.75) is 25.8 Å². The first kappa shape index (κ1) is 16.4. The van der Waals surface area contributed by atoms with Crippen LogP contribution in [0.4, 0.5) is 11.6 Å². The quantitative estimate of drug-likeness (QED) is 0.779. The molecule has 132 valence electrons. The van der Waals surface area contributed by atoms with Gasteiger partial charge in [0.25, 0.3) is 5.56 Å². The van der Waals surface area contributed by atoms with Crippen molar-refractivity contribution in [1.82, 2.24) is 9.55 Å². The highest BCUT2D eigenvalue weighted by molar-refractivity contribution is 5.60. The van der Waals surface area contributed by atoms with E-state index >= 15 is 0 Å². The predicted molar refractivity (Wildman–Crippen MR) is 102 cm³/mol. The van der Waals surface area contributed by atoms with Gasteiger partial charge in [0.05, 0.1) is 13.2 Å². The molecule has 0 aliphatic carbocycles. The maximum atomic E-state index is 12.1. The molecule has 0 saturated carbocycles. The zero-order valence-corrected chi connectivity index (χ0v) is 14.9. The molecule has 1 N–H and O–H groups in total. The molecule has 0 bridgehead atoms. The van der Waals surface area contributed by atoms with E-state index in [2.05, 4.69) is 27.0 Å². The molecule has 2 aromatic carbocycles. The van der Waals surface area contributed by atoms with Crippen LogP contribution in [0.25, 0.3) is 0 Å². The number of hydrogen-bond acceptors (Lipinski definition) is 4. The molecule has 0 fully saturated rings. The Kier molecular flexibility index (Phi) is 4.21. The molecule has 0 amide bonds. The molecule has 0 spiro atoms. The molecule has 26 heavy (non-hydrogen) atoms. The molecular formula is C21H21N3O2. The molecule has 5 nitrogen and oxygen atoms in total. The van der Waals surface area contributed by atoms with Crippen LogP contribution in [0.3, 0.4) is 0 Å². The maximum absolute atomic E-state index is 12.1. The molecule has 4 rings (SSSR count). The first-order valence-electron chi connectivity index (χ1n) is 8.75. The lowest BCUT2D eigenvalue weighted by molar-refractivity contribution is 0.414. The lowest BCUT2D eigenvalue weighted by atomic mass is 10.1. The molecule has 5 heteroatoms. The van der Waals surface area contributed by atoms with E-state index in [1.165, 1.54) is 5.56 Å². The van der Waals surface area contributed by atoms with Crippen LogP contribution < -0.4 is 15.6 Å². The van der Waals surface area contributed by atoms with Gasteiger partial charge in [-0.05, 0) is 49.1 Å². The number of benzene rings is 2. The summed E-state index contributed by atoms with van der Waals surface area (Å²) in [6.45, 7) is 2.01. The Morgan fingerprint density at radius 1 is 1.15 bits per heavy atom. The molecule has 3 aromatic rings. The lowest BCUT2D eigenvalue weighted by Gasteiger charge is -2.21. The van der Waals surface area contributed by atoms with Crippen LogP contribution in [-0.2, 0) is 6.42 Å². The van der Waals surface area contributed by atoms with Gasteiger partial charge in [-0.1, -0.05) is 30.3 Å². The SMILES string of the molecule is COc1ccc(Nc2nc(=O)cc3n2C(c2ccccc2)CC3)c(C)c1. The summed E-state index contributed by atoms with van der Waals surface area (Å²) in [6.07, 6.45) is 1.83. The van der Waals surface area contributed by atoms with E-state index in [0.29, 0.717) is 5.95 Å². The van der Waals surface area contributed by atoms with Gasteiger partial charge < -0.3 is 14.6 Å². The van der Waals surface area contributed by atoms with E-state index in [1.807, 2.05) is 43.3 Å². The number of anilines is 2. The van der Waals surface area contributed by atoms with Crippen LogP contribution in [0.2, 0.25) is 0 Å². The normalized spacial score (nSPS) is 15.5. The van der Waals surface area contributed by atoms with Crippen molar-refractivity contribution in [3.63, 3.8) is 0 Å². The smallest absolute Gasteiger partial charge is 0.274 e. The van der Waals surface area contributed by atoms with Crippen LogP contribution in [0, 0.1) is 6.92 Å². The Hall–Kier alpha value is -3.08. The van der Waals surface area contributed by atoms with Gasteiger partial charge in [-0.25, -0.2) is 0 Å². The van der Waals surface area contributed by atoms with E-state index in [1.54, 1.807) is 13.2 Å². The summed E-state index contributed by atoms with van der Waals surface area (Å²) in [7, 11) is 1.65. The fourth-order valence-corrected chi connectivity index (χ4v) is 3.60. The number of methoxy groups -OCH3 is 1. The summed E-state index contributed by atoms with van der Waals surface area (Å²) < 4.78 is 7.42. The van der Waals surface area contributed by atoms with Crippen molar-refractivity contribution in [2.75, 3.05) is 12.4 Å². The third-order valence-electron chi connectivity index (χ3n) is 4.89. The van der Waals surface area contributed by atoms with Gasteiger partial charge in [0.1, 0.15) is 5.75 Å². The summed E-state index contributed by atoms with van der Waals surface area (Å²) in [6, 6.07) is 18.0. The summed E-state index contributed by atoms with van der Waals surface area (Å²) in [5.74, 6) is 1.39. The monoisotopic (exact) mass is 347 g/mol. The highest BCUT2D eigenvalue weighted by Gasteiger charge is 2.26. The van der Waals surface area contributed by atoms with E-state index < -0.39 is 0 Å². The maximum Gasteiger partial charge on any atom is 0.274 e. The third-order valence-corrected chi connectivity index (χ3v) is 4.89. The second kappa shape index (κ2) is 6.67. The van der Waals surface area contributed by atoms with Crippen LogP contribution >= 0.6 is 0 Å². The van der Waals surface area contributed by atoms with Gasteiger partial charge in [-0.15, -0.1) is 0 Å². The van der Waals surface area contributed by atoms with Crippen LogP contribution in [0.15, 0.2) is 59.4 Å². The van der Waals surface area contributed by atoms with Gasteiger partial charge in [0, 0.05) is 17.4 Å². The number of fused-ring (bicyclic) bond motifs is 1. The molecular weight excluding hydrogens is 326 g/mol. The van der Waals surface area contributed by atoms with Crippen LogP contribution in [0.5, 0.6) is 5.75 Å². The molecule has 1 aromatic heterocycles. The molecule has 1 aliphatic heterocycles. The second-order valence-electron chi connectivity index (χ2n) is 6.55. The minimum Gasteiger partial charge on any atom is -0.497 e. The number of nitrogens with one attached hydrogen (secondary N) is 1. The minimum atomic E-state index is -0.210. The summed E-state index contributed by atoms with van der Waals surface area (Å²) in [5, 5.41) is 3.36. The fraction of sp³-hybridized carbons (Fsp3) is 0.238. The average molecular weight is 347 g/mol. The summed E-state index contributed by atoms with van der Waals surface area (Å²) >= 11 is 0. The fourth-order valence-electron chi connectivity index (χ4n) is 3.60. The Morgan fingerprint density at radius 3 is 2.69 bits per heavy atom. The van der Waals surface area contributed by atoms with Crippen molar-refractivity contribution in [3.05, 3.63) is 81.8 Å². The van der Waals surface area contributed by atoms with Gasteiger partial charge >= 0.3 is 0 Å². The first-order valence-corrected chi connectivity index (χ1v) is 8.75. The van der Waals surface area contributed by atoms with Crippen molar-refractivity contribution in [2.24, 2.45) is 0 Å². The van der Waals surface area contributed by atoms with Gasteiger partial charge in [0.15, 0.2) is 0 Å². The number of nitrogens with zero attached hydrogens (tertiary/aromatic N) is 2. The molecule has 1 aliphatic rings. The molecule has 0 saturated heterocycles. The Balaban J connectivity index is 1.77. The van der Waals surface area contributed by atoms with E-state index in [0.717, 1.165) is 35.5 Å². The minimum absolute atomic E-state index is 0.181. The Bertz CT molecular complexity index is 996. The zero-order valence-electron chi connectivity index (χ0n) is 14.9. The Labute approximate surface area is 152 Å². The lowest BCUT2D eigenvalue weighted by Crippen LogP contribution is -2.19. The van der Waals surface area contributed by atoms with Gasteiger partial charge in [-0.2, -0.15) is 4.98 Å². The highest BCUT2D eigenvalue weighted by atomic mass is 16.5. The molecule has 2 heterocycles. The number of aryl methyl sites for hydroxylation is 2. The zero-order chi connectivity index (χ0) is 18.1. The first-order chi connectivity index (χ1) is 12.7. The van der Waals surface area contributed by atoms with Crippen LogP contribution in [0.1, 0.15) is 29.3 Å². The number of rotatable bonds is 4. The average Bonchev–Trinajstić information content (AvgIpc) is 3.08. The van der Waals surface area contributed by atoms with E-state index in [4.69, 9.17) is 4.74 Å². The number of aromatic nitrogens is 2. The largest absolute Gasteiger partial charge is 0.497 e. The molecule has 0 radical (unpaired) electrons. The topological polar surface area (TPSA) is 56.1 Å². The van der Waals surface area contributed by atoms with Gasteiger partial charge in [-0.3, -0.25) is 4.79 Å².